The molecule has 6 N–H and O–H groups in total. The van der Waals surface area contributed by atoms with Gasteiger partial charge >= 0.3 is 0 Å². The largest absolute Gasteiger partial charge is 0.481 e. The predicted molar refractivity (Wildman–Crippen MR) is 119 cm³/mol. The van der Waals surface area contributed by atoms with Crippen LogP contribution >= 0.6 is 0 Å². The van der Waals surface area contributed by atoms with Gasteiger partial charge in [-0.1, -0.05) is 0 Å². The summed E-state index contributed by atoms with van der Waals surface area (Å²) in [6.45, 7) is 0.724. The van der Waals surface area contributed by atoms with Gasteiger partial charge in [-0.2, -0.15) is 0 Å². The van der Waals surface area contributed by atoms with Gasteiger partial charge in [0.15, 0.2) is 0 Å². The molecule has 1 fully saturated rings. The first-order chi connectivity index (χ1) is 15.7. The lowest BCUT2D eigenvalue weighted by molar-refractivity contribution is 0.0996. The summed E-state index contributed by atoms with van der Waals surface area (Å²) in [7, 11) is 1.52. The molecule has 172 valence electrons. The van der Waals surface area contributed by atoms with Gasteiger partial charge in [0, 0.05) is 42.0 Å². The third kappa shape index (κ3) is 4.27. The Kier molecular flexibility index (Phi) is 5.81. The van der Waals surface area contributed by atoms with Crippen molar-refractivity contribution in [3.05, 3.63) is 59.6 Å². The van der Waals surface area contributed by atoms with E-state index < -0.39 is 23.1 Å². The zero-order valence-corrected chi connectivity index (χ0v) is 17.9. The first kappa shape index (κ1) is 22.3. The Labute approximate surface area is 188 Å². The number of halogens is 2. The van der Waals surface area contributed by atoms with Gasteiger partial charge in [0.05, 0.1) is 18.2 Å². The van der Waals surface area contributed by atoms with Crippen LogP contribution in [0.1, 0.15) is 22.3 Å². The average molecular weight is 455 g/mol. The van der Waals surface area contributed by atoms with Crippen molar-refractivity contribution in [2.75, 3.05) is 30.8 Å². The highest BCUT2D eigenvalue weighted by molar-refractivity contribution is 5.93. The maximum atomic E-state index is 14.8. The molecule has 1 unspecified atom stereocenters. The van der Waals surface area contributed by atoms with E-state index in [1.165, 1.54) is 13.4 Å². The molecule has 0 bridgehead atoms. The van der Waals surface area contributed by atoms with Crippen LogP contribution in [0.25, 0.3) is 11.1 Å². The second-order valence-electron chi connectivity index (χ2n) is 8.01. The lowest BCUT2D eigenvalue weighted by Gasteiger charge is -2.27. The molecule has 1 aliphatic rings. The molecule has 9 nitrogen and oxygen atoms in total. The Bertz CT molecular complexity index is 1210. The monoisotopic (exact) mass is 455 g/mol. The Hall–Kier alpha value is -3.86. The summed E-state index contributed by atoms with van der Waals surface area (Å²) >= 11 is 0. The maximum Gasteiger partial charge on any atom is 0.251 e. The summed E-state index contributed by atoms with van der Waals surface area (Å²) in [6, 6.07) is 5.53. The van der Waals surface area contributed by atoms with Crippen LogP contribution in [0.4, 0.5) is 20.4 Å². The van der Waals surface area contributed by atoms with E-state index >= 15 is 0 Å². The second-order valence-corrected chi connectivity index (χ2v) is 8.01. The normalized spacial score (nSPS) is 17.9. The van der Waals surface area contributed by atoms with Gasteiger partial charge in [-0.15, -0.1) is 0 Å². The number of anilines is 2. The number of methoxy groups -OCH3 is 1. The van der Waals surface area contributed by atoms with Crippen molar-refractivity contribution >= 4 is 17.5 Å². The van der Waals surface area contributed by atoms with Crippen LogP contribution < -0.4 is 26.8 Å². The molecule has 0 aliphatic carbocycles. The number of hydrogen-bond donors (Lipinski definition) is 3. The Morgan fingerprint density at radius 1 is 1.21 bits per heavy atom. The van der Waals surface area contributed by atoms with Gasteiger partial charge in [-0.25, -0.2) is 23.7 Å². The molecular formula is C22H23F2N7O2. The Morgan fingerprint density at radius 2 is 2.00 bits per heavy atom. The van der Waals surface area contributed by atoms with E-state index in [9.17, 15) is 13.6 Å². The van der Waals surface area contributed by atoms with Gasteiger partial charge in [0.25, 0.3) is 5.91 Å². The lowest BCUT2D eigenvalue weighted by Crippen LogP contribution is -2.45. The van der Waals surface area contributed by atoms with Crippen molar-refractivity contribution < 1.29 is 18.3 Å². The minimum atomic E-state index is -0.984. The average Bonchev–Trinajstić information content (AvgIpc) is 3.18. The smallest absolute Gasteiger partial charge is 0.251 e. The molecule has 33 heavy (non-hydrogen) atoms. The van der Waals surface area contributed by atoms with Crippen molar-refractivity contribution in [2.24, 2.45) is 11.5 Å². The third-order valence-corrected chi connectivity index (χ3v) is 5.76. The molecule has 4 rings (SSSR count). The number of amides is 1. The molecule has 0 spiro atoms. The summed E-state index contributed by atoms with van der Waals surface area (Å²) in [5, 5.41) is 0. The maximum absolute atomic E-state index is 14.8. The number of carbonyl (C=O) groups is 1. The SMILES string of the molecule is COc1ccc(-c2c(N)ncnc2N2CCC(N)(Cc3c(F)ccc(C(N)=O)c3F)C2)cn1. The first-order valence-corrected chi connectivity index (χ1v) is 10.1. The molecule has 1 saturated heterocycles. The van der Waals surface area contributed by atoms with Crippen LogP contribution in [0, 0.1) is 11.6 Å². The highest BCUT2D eigenvalue weighted by Gasteiger charge is 2.38. The highest BCUT2D eigenvalue weighted by atomic mass is 19.1. The molecule has 1 amide bonds. The van der Waals surface area contributed by atoms with E-state index in [1.54, 1.807) is 18.3 Å². The van der Waals surface area contributed by atoms with Crippen molar-refractivity contribution in [3.8, 4) is 17.0 Å². The number of benzene rings is 1. The van der Waals surface area contributed by atoms with Crippen LogP contribution in [0.5, 0.6) is 5.88 Å². The lowest BCUT2D eigenvalue weighted by atomic mass is 9.89. The number of primary amides is 1. The highest BCUT2D eigenvalue weighted by Crippen LogP contribution is 2.37. The van der Waals surface area contributed by atoms with Crippen molar-refractivity contribution in [2.45, 2.75) is 18.4 Å². The Morgan fingerprint density at radius 3 is 2.67 bits per heavy atom. The van der Waals surface area contributed by atoms with E-state index in [4.69, 9.17) is 21.9 Å². The number of pyridine rings is 1. The number of hydrogen-bond acceptors (Lipinski definition) is 8. The van der Waals surface area contributed by atoms with Gasteiger partial charge in [0.2, 0.25) is 5.88 Å². The van der Waals surface area contributed by atoms with Gasteiger partial charge in [-0.3, -0.25) is 4.79 Å². The van der Waals surface area contributed by atoms with E-state index in [-0.39, 0.29) is 29.9 Å². The zero-order valence-electron chi connectivity index (χ0n) is 17.9. The van der Waals surface area contributed by atoms with Crippen molar-refractivity contribution in [3.63, 3.8) is 0 Å². The zero-order chi connectivity index (χ0) is 23.8. The molecule has 0 radical (unpaired) electrons. The minimum Gasteiger partial charge on any atom is -0.481 e. The third-order valence-electron chi connectivity index (χ3n) is 5.76. The fourth-order valence-corrected chi connectivity index (χ4v) is 4.08. The predicted octanol–water partition coefficient (Wildman–Crippen LogP) is 1.66. The van der Waals surface area contributed by atoms with Gasteiger partial charge in [0.1, 0.15) is 29.6 Å². The number of ether oxygens (including phenoxy) is 1. The standard InChI is InChI=1S/C22H23F2N7O2/c1-33-16-5-2-12(9-28-16)17-19(25)29-11-30-21(17)31-7-6-22(27,10-31)8-14-15(23)4-3-13(18(14)24)20(26)32/h2-5,9,11H,6-8,10,27H2,1H3,(H2,26,32)(H2,25,29,30). The summed E-state index contributed by atoms with van der Waals surface area (Å²) in [6.07, 6.45) is 3.25. The van der Waals surface area contributed by atoms with Crippen LogP contribution in [0.2, 0.25) is 0 Å². The molecule has 1 atom stereocenters. The number of rotatable bonds is 6. The van der Waals surface area contributed by atoms with Crippen molar-refractivity contribution in [1.29, 1.82) is 0 Å². The molecule has 11 heteroatoms. The van der Waals surface area contributed by atoms with E-state index in [0.717, 1.165) is 12.1 Å². The fourth-order valence-electron chi connectivity index (χ4n) is 4.08. The van der Waals surface area contributed by atoms with E-state index in [2.05, 4.69) is 15.0 Å². The molecule has 3 aromatic rings. The van der Waals surface area contributed by atoms with Gasteiger partial charge in [-0.05, 0) is 31.0 Å². The molecule has 1 aliphatic heterocycles. The van der Waals surface area contributed by atoms with E-state index in [1.807, 2.05) is 4.90 Å². The first-order valence-electron chi connectivity index (χ1n) is 10.1. The molecule has 2 aromatic heterocycles. The van der Waals surface area contributed by atoms with Crippen LogP contribution in [-0.4, -0.2) is 46.6 Å². The minimum absolute atomic E-state index is 0.123. The van der Waals surface area contributed by atoms with E-state index in [0.29, 0.717) is 35.8 Å². The summed E-state index contributed by atoms with van der Waals surface area (Å²) in [5.41, 5.74) is 17.5. The summed E-state index contributed by atoms with van der Waals surface area (Å²) < 4.78 is 34.3. The number of nitrogen functional groups attached to an aromatic ring is 1. The number of nitrogens with two attached hydrogens (primary N) is 3. The van der Waals surface area contributed by atoms with Crippen LogP contribution in [-0.2, 0) is 6.42 Å². The fraction of sp³-hybridized carbons (Fsp3) is 0.273. The summed E-state index contributed by atoms with van der Waals surface area (Å²) in [5.74, 6) is -1.50. The molecular weight excluding hydrogens is 432 g/mol. The summed E-state index contributed by atoms with van der Waals surface area (Å²) in [4.78, 5) is 26.1. The quantitative estimate of drug-likeness (QED) is 0.509. The topological polar surface area (TPSA) is 146 Å². The number of carbonyl (C=O) groups excluding carboxylic acids is 1. The number of nitrogens with zero attached hydrogens (tertiary/aromatic N) is 4. The number of aromatic nitrogens is 3. The van der Waals surface area contributed by atoms with Gasteiger partial charge < -0.3 is 26.8 Å². The van der Waals surface area contributed by atoms with Crippen LogP contribution in [0.3, 0.4) is 0 Å². The second kappa shape index (κ2) is 8.58. The molecule has 1 aromatic carbocycles. The molecule has 0 saturated carbocycles. The van der Waals surface area contributed by atoms with Crippen LogP contribution in [0.15, 0.2) is 36.8 Å². The Balaban J connectivity index is 1.64. The van der Waals surface area contributed by atoms with Crippen molar-refractivity contribution in [1.82, 2.24) is 15.0 Å². The molecule has 3 heterocycles.